The van der Waals surface area contributed by atoms with Crippen molar-refractivity contribution in [3.8, 4) is 0 Å². The van der Waals surface area contributed by atoms with Gasteiger partial charge in [0.05, 0.1) is 0 Å². The molecule has 1 amide bonds. The number of hydrogen-bond donors (Lipinski definition) is 1. The number of hydrogen-bond acceptors (Lipinski definition) is 3. The smallest absolute Gasteiger partial charge is 0.291 e. The third-order valence-electron chi connectivity index (χ3n) is 2.19. The third kappa shape index (κ3) is 1.66. The standard InChI is InChI=1S/C9H12N4O/c1-2-5-13(7-3-4-7)9(14)8-10-6-11-12-8/h2,6-7H,1,3-5H2,(H,10,11,12). The average molecular weight is 192 g/mol. The maximum Gasteiger partial charge on any atom is 0.291 e. The van der Waals surface area contributed by atoms with E-state index in [1.807, 2.05) is 0 Å². The lowest BCUT2D eigenvalue weighted by molar-refractivity contribution is 0.0751. The molecule has 5 heteroatoms. The molecule has 0 bridgehead atoms. The van der Waals surface area contributed by atoms with E-state index in [2.05, 4.69) is 21.8 Å². The number of carbonyl (C=O) groups is 1. The number of carbonyl (C=O) groups excluding carboxylic acids is 1. The van der Waals surface area contributed by atoms with Crippen molar-refractivity contribution in [2.75, 3.05) is 6.54 Å². The van der Waals surface area contributed by atoms with E-state index in [9.17, 15) is 4.79 Å². The summed E-state index contributed by atoms with van der Waals surface area (Å²) in [6, 6.07) is 0.366. The van der Waals surface area contributed by atoms with E-state index in [-0.39, 0.29) is 5.91 Å². The topological polar surface area (TPSA) is 61.9 Å². The molecule has 0 radical (unpaired) electrons. The minimum absolute atomic E-state index is 0.0927. The molecule has 14 heavy (non-hydrogen) atoms. The summed E-state index contributed by atoms with van der Waals surface area (Å²) < 4.78 is 0. The Bertz CT molecular complexity index is 329. The average Bonchev–Trinajstić information content (AvgIpc) is 2.88. The van der Waals surface area contributed by atoms with Crippen LogP contribution >= 0.6 is 0 Å². The van der Waals surface area contributed by atoms with Crippen LogP contribution in [-0.2, 0) is 0 Å². The van der Waals surface area contributed by atoms with Crippen LogP contribution in [0.25, 0.3) is 0 Å². The predicted octanol–water partition coefficient (Wildman–Crippen LogP) is 0.595. The molecule has 0 saturated heterocycles. The van der Waals surface area contributed by atoms with Crippen molar-refractivity contribution in [1.82, 2.24) is 20.1 Å². The minimum atomic E-state index is -0.0927. The van der Waals surface area contributed by atoms with Crippen LogP contribution < -0.4 is 0 Å². The second kappa shape index (κ2) is 3.61. The SMILES string of the molecule is C=CCN(C(=O)c1ncn[nH]1)C1CC1. The Balaban J connectivity index is 2.10. The van der Waals surface area contributed by atoms with Gasteiger partial charge < -0.3 is 4.90 Å². The van der Waals surface area contributed by atoms with Gasteiger partial charge in [-0.3, -0.25) is 9.89 Å². The van der Waals surface area contributed by atoms with Gasteiger partial charge >= 0.3 is 0 Å². The van der Waals surface area contributed by atoms with Gasteiger partial charge in [-0.05, 0) is 12.8 Å². The van der Waals surface area contributed by atoms with Crippen molar-refractivity contribution in [3.05, 3.63) is 24.8 Å². The molecule has 1 heterocycles. The molecule has 0 unspecified atom stereocenters. The molecule has 1 aliphatic rings. The molecule has 2 rings (SSSR count). The van der Waals surface area contributed by atoms with E-state index in [4.69, 9.17) is 0 Å². The third-order valence-corrected chi connectivity index (χ3v) is 2.19. The Labute approximate surface area is 81.8 Å². The lowest BCUT2D eigenvalue weighted by atomic mass is 10.4. The van der Waals surface area contributed by atoms with Gasteiger partial charge in [0.2, 0.25) is 5.82 Å². The number of nitrogens with one attached hydrogen (secondary N) is 1. The number of amides is 1. The number of rotatable bonds is 4. The van der Waals surface area contributed by atoms with Crippen LogP contribution in [0.5, 0.6) is 0 Å². The first-order valence-corrected chi connectivity index (χ1v) is 4.60. The van der Waals surface area contributed by atoms with E-state index < -0.39 is 0 Å². The summed E-state index contributed by atoms with van der Waals surface area (Å²) in [6.45, 7) is 4.21. The van der Waals surface area contributed by atoms with Crippen LogP contribution in [-0.4, -0.2) is 38.6 Å². The zero-order valence-corrected chi connectivity index (χ0v) is 7.81. The number of H-pyrrole nitrogens is 1. The van der Waals surface area contributed by atoms with Crippen molar-refractivity contribution in [3.63, 3.8) is 0 Å². The molecule has 0 atom stereocenters. The highest BCUT2D eigenvalue weighted by molar-refractivity contribution is 5.90. The minimum Gasteiger partial charge on any atom is -0.329 e. The maximum absolute atomic E-state index is 11.8. The first kappa shape index (κ1) is 8.93. The molecule has 1 N–H and O–H groups in total. The van der Waals surface area contributed by atoms with Gasteiger partial charge in [-0.2, -0.15) is 5.10 Å². The Morgan fingerprint density at radius 3 is 3.07 bits per heavy atom. The van der Waals surface area contributed by atoms with Gasteiger partial charge in [0.25, 0.3) is 5.91 Å². The summed E-state index contributed by atoms with van der Waals surface area (Å²) in [5.41, 5.74) is 0. The van der Waals surface area contributed by atoms with Crippen LogP contribution in [0.2, 0.25) is 0 Å². The van der Waals surface area contributed by atoms with Crippen molar-refractivity contribution in [2.45, 2.75) is 18.9 Å². The molecule has 0 aromatic carbocycles. The number of aromatic nitrogens is 3. The van der Waals surface area contributed by atoms with Crippen molar-refractivity contribution in [2.24, 2.45) is 0 Å². The molecule has 74 valence electrons. The molecular formula is C9H12N4O. The lowest BCUT2D eigenvalue weighted by Gasteiger charge is -2.18. The van der Waals surface area contributed by atoms with Gasteiger partial charge in [0.1, 0.15) is 6.33 Å². The van der Waals surface area contributed by atoms with Gasteiger partial charge in [-0.1, -0.05) is 6.08 Å². The molecule has 1 fully saturated rings. The fourth-order valence-electron chi connectivity index (χ4n) is 1.37. The van der Waals surface area contributed by atoms with Crippen molar-refractivity contribution >= 4 is 5.91 Å². The summed E-state index contributed by atoms with van der Waals surface area (Å²) in [6.07, 6.45) is 5.22. The predicted molar refractivity (Wildman–Crippen MR) is 50.6 cm³/mol. The highest BCUT2D eigenvalue weighted by Gasteiger charge is 2.33. The second-order valence-corrected chi connectivity index (χ2v) is 3.31. The highest BCUT2D eigenvalue weighted by Crippen LogP contribution is 2.27. The van der Waals surface area contributed by atoms with E-state index in [1.54, 1.807) is 11.0 Å². The first-order valence-electron chi connectivity index (χ1n) is 4.60. The van der Waals surface area contributed by atoms with E-state index >= 15 is 0 Å². The van der Waals surface area contributed by atoms with E-state index in [0.717, 1.165) is 12.8 Å². The largest absolute Gasteiger partial charge is 0.329 e. The van der Waals surface area contributed by atoms with Gasteiger partial charge in [0.15, 0.2) is 0 Å². The monoisotopic (exact) mass is 192 g/mol. The van der Waals surface area contributed by atoms with Crippen molar-refractivity contribution in [1.29, 1.82) is 0 Å². The summed E-state index contributed by atoms with van der Waals surface area (Å²) in [5, 5.41) is 6.23. The normalized spacial score (nSPS) is 15.1. The molecule has 0 spiro atoms. The molecule has 1 aromatic rings. The molecule has 1 saturated carbocycles. The Morgan fingerprint density at radius 1 is 1.79 bits per heavy atom. The Hall–Kier alpha value is -1.65. The maximum atomic E-state index is 11.8. The van der Waals surface area contributed by atoms with Crippen molar-refractivity contribution < 1.29 is 4.79 Å². The van der Waals surface area contributed by atoms with Gasteiger partial charge in [0, 0.05) is 12.6 Å². The molecule has 1 aliphatic carbocycles. The van der Waals surface area contributed by atoms with E-state index in [0.29, 0.717) is 18.4 Å². The van der Waals surface area contributed by atoms with E-state index in [1.165, 1.54) is 6.33 Å². The molecular weight excluding hydrogens is 180 g/mol. The van der Waals surface area contributed by atoms with Crippen LogP contribution in [0, 0.1) is 0 Å². The number of aromatic amines is 1. The summed E-state index contributed by atoms with van der Waals surface area (Å²) in [7, 11) is 0. The molecule has 1 aromatic heterocycles. The van der Waals surface area contributed by atoms with Crippen LogP contribution in [0.1, 0.15) is 23.5 Å². The quantitative estimate of drug-likeness (QED) is 0.710. The lowest BCUT2D eigenvalue weighted by Crippen LogP contribution is -2.33. The fourth-order valence-corrected chi connectivity index (χ4v) is 1.37. The van der Waals surface area contributed by atoms with Gasteiger partial charge in [-0.15, -0.1) is 6.58 Å². The zero-order chi connectivity index (χ0) is 9.97. The first-order chi connectivity index (χ1) is 6.83. The summed E-state index contributed by atoms with van der Waals surface area (Å²) in [5.74, 6) is 0.212. The highest BCUT2D eigenvalue weighted by atomic mass is 16.2. The Kier molecular flexibility index (Phi) is 2.30. The van der Waals surface area contributed by atoms with Crippen LogP contribution in [0.15, 0.2) is 19.0 Å². The van der Waals surface area contributed by atoms with Gasteiger partial charge in [-0.25, -0.2) is 4.98 Å². The fraction of sp³-hybridized carbons (Fsp3) is 0.444. The second-order valence-electron chi connectivity index (χ2n) is 3.31. The molecule has 5 nitrogen and oxygen atoms in total. The Morgan fingerprint density at radius 2 is 2.57 bits per heavy atom. The zero-order valence-electron chi connectivity index (χ0n) is 7.81. The molecule has 0 aliphatic heterocycles. The summed E-state index contributed by atoms with van der Waals surface area (Å²) >= 11 is 0. The van der Waals surface area contributed by atoms with Crippen LogP contribution in [0.4, 0.5) is 0 Å². The van der Waals surface area contributed by atoms with Crippen LogP contribution in [0.3, 0.4) is 0 Å². The summed E-state index contributed by atoms with van der Waals surface area (Å²) in [4.78, 5) is 17.4. The number of nitrogens with zero attached hydrogens (tertiary/aromatic N) is 3.